The number of carbonyl (C=O) groups is 1. The Morgan fingerprint density at radius 2 is 1.65 bits per heavy atom. The van der Waals surface area contributed by atoms with Gasteiger partial charge in [-0.05, 0) is 60.0 Å². The van der Waals surface area contributed by atoms with Crippen molar-refractivity contribution in [2.45, 2.75) is 13.5 Å². The molecule has 0 unspecified atom stereocenters. The summed E-state index contributed by atoms with van der Waals surface area (Å²) >= 11 is 0. The summed E-state index contributed by atoms with van der Waals surface area (Å²) in [5.41, 5.74) is 6.35. The van der Waals surface area contributed by atoms with Crippen LogP contribution in [0.3, 0.4) is 0 Å². The van der Waals surface area contributed by atoms with Gasteiger partial charge in [0.15, 0.2) is 0 Å². The van der Waals surface area contributed by atoms with Gasteiger partial charge in [0.1, 0.15) is 12.4 Å². The Morgan fingerprint density at radius 3 is 2.38 bits per heavy atom. The summed E-state index contributed by atoms with van der Waals surface area (Å²) in [6.45, 7) is 2.61. The van der Waals surface area contributed by atoms with Gasteiger partial charge in [-0.2, -0.15) is 5.10 Å². The number of hydrogen-bond donors (Lipinski definition) is 1. The van der Waals surface area contributed by atoms with Crippen molar-refractivity contribution in [3.63, 3.8) is 0 Å². The highest BCUT2D eigenvalue weighted by Crippen LogP contribution is 2.15. The summed E-state index contributed by atoms with van der Waals surface area (Å²) in [4.78, 5) is 11.9. The summed E-state index contributed by atoms with van der Waals surface area (Å²) in [6.07, 6.45) is 1.60. The monoisotopic (exact) mass is 344 g/mol. The topological polar surface area (TPSA) is 50.7 Å². The van der Waals surface area contributed by atoms with E-state index in [4.69, 9.17) is 4.74 Å². The van der Waals surface area contributed by atoms with E-state index in [1.165, 1.54) is 11.1 Å². The van der Waals surface area contributed by atoms with Crippen LogP contribution in [0.4, 0.5) is 0 Å². The molecule has 3 aromatic rings. The number of aryl methyl sites for hydroxylation is 1. The van der Waals surface area contributed by atoms with Gasteiger partial charge in [-0.25, -0.2) is 5.43 Å². The van der Waals surface area contributed by atoms with E-state index in [0.717, 1.165) is 11.3 Å². The molecule has 0 bridgehead atoms. The maximum absolute atomic E-state index is 11.9. The van der Waals surface area contributed by atoms with E-state index < -0.39 is 0 Å². The van der Waals surface area contributed by atoms with Gasteiger partial charge in [0.25, 0.3) is 5.91 Å². The fourth-order valence-corrected chi connectivity index (χ4v) is 2.40. The third kappa shape index (κ3) is 4.80. The molecule has 3 rings (SSSR count). The Bertz CT molecular complexity index is 888. The average Bonchev–Trinajstić information content (AvgIpc) is 2.69. The fourth-order valence-electron chi connectivity index (χ4n) is 2.40. The zero-order chi connectivity index (χ0) is 18.2. The van der Waals surface area contributed by atoms with Crippen LogP contribution in [0.15, 0.2) is 84.0 Å². The van der Waals surface area contributed by atoms with E-state index in [0.29, 0.717) is 12.2 Å². The van der Waals surface area contributed by atoms with Gasteiger partial charge in [0.2, 0.25) is 0 Å². The molecule has 0 atom stereocenters. The third-order valence-corrected chi connectivity index (χ3v) is 3.95. The standard InChI is InChI=1S/C22H20N2O2/c1-17-7-5-6-10-20(17)16-26-21-13-11-18(12-14-21)15-23-24-22(25)19-8-3-2-4-9-19/h2-15H,16H2,1H3,(H,24,25)/b23-15+. The molecule has 0 aromatic heterocycles. The summed E-state index contributed by atoms with van der Waals surface area (Å²) < 4.78 is 5.81. The molecule has 0 saturated carbocycles. The van der Waals surface area contributed by atoms with E-state index in [2.05, 4.69) is 29.6 Å². The van der Waals surface area contributed by atoms with Crippen molar-refractivity contribution in [2.24, 2.45) is 5.10 Å². The van der Waals surface area contributed by atoms with Gasteiger partial charge in [0, 0.05) is 5.56 Å². The Kier molecular flexibility index (Phi) is 5.78. The highest BCUT2D eigenvalue weighted by atomic mass is 16.5. The Hall–Kier alpha value is -3.40. The molecule has 1 N–H and O–H groups in total. The van der Waals surface area contributed by atoms with Crippen LogP contribution in [0.2, 0.25) is 0 Å². The van der Waals surface area contributed by atoms with Crippen LogP contribution in [-0.2, 0) is 6.61 Å². The van der Waals surface area contributed by atoms with E-state index in [9.17, 15) is 4.79 Å². The zero-order valence-corrected chi connectivity index (χ0v) is 14.6. The van der Waals surface area contributed by atoms with Gasteiger partial charge >= 0.3 is 0 Å². The molecule has 0 radical (unpaired) electrons. The second-order valence-electron chi connectivity index (χ2n) is 5.85. The van der Waals surface area contributed by atoms with E-state index in [1.807, 2.05) is 54.6 Å². The maximum atomic E-state index is 11.9. The Labute approximate surface area is 153 Å². The number of rotatable bonds is 6. The van der Waals surface area contributed by atoms with Gasteiger partial charge in [-0.15, -0.1) is 0 Å². The van der Waals surface area contributed by atoms with Gasteiger partial charge in [-0.3, -0.25) is 4.79 Å². The smallest absolute Gasteiger partial charge is 0.271 e. The molecular formula is C22H20N2O2. The fraction of sp³-hybridized carbons (Fsp3) is 0.0909. The maximum Gasteiger partial charge on any atom is 0.271 e. The first kappa shape index (κ1) is 17.4. The highest BCUT2D eigenvalue weighted by molar-refractivity contribution is 5.94. The molecule has 3 aromatic carbocycles. The zero-order valence-electron chi connectivity index (χ0n) is 14.6. The summed E-state index contributed by atoms with van der Waals surface area (Å²) in [7, 11) is 0. The first-order valence-corrected chi connectivity index (χ1v) is 8.38. The number of carbonyl (C=O) groups excluding carboxylic acids is 1. The number of ether oxygens (including phenoxy) is 1. The summed E-state index contributed by atoms with van der Waals surface area (Å²) in [5.74, 6) is 0.554. The number of hydrogen-bond acceptors (Lipinski definition) is 3. The SMILES string of the molecule is Cc1ccccc1COc1ccc(/C=N/NC(=O)c2ccccc2)cc1. The Morgan fingerprint density at radius 1 is 0.962 bits per heavy atom. The molecule has 4 nitrogen and oxygen atoms in total. The van der Waals surface area contributed by atoms with Crippen LogP contribution in [0.5, 0.6) is 5.75 Å². The number of benzene rings is 3. The number of nitrogens with one attached hydrogen (secondary N) is 1. The van der Waals surface area contributed by atoms with E-state index in [1.54, 1.807) is 18.3 Å². The molecule has 0 aliphatic carbocycles. The highest BCUT2D eigenvalue weighted by Gasteiger charge is 2.02. The molecule has 0 heterocycles. The van der Waals surface area contributed by atoms with E-state index >= 15 is 0 Å². The molecular weight excluding hydrogens is 324 g/mol. The third-order valence-electron chi connectivity index (χ3n) is 3.95. The molecule has 0 saturated heterocycles. The van der Waals surface area contributed by atoms with Crippen LogP contribution in [-0.4, -0.2) is 12.1 Å². The lowest BCUT2D eigenvalue weighted by molar-refractivity contribution is 0.0955. The van der Waals surface area contributed by atoms with Crippen LogP contribution < -0.4 is 10.2 Å². The molecule has 0 aliphatic heterocycles. The van der Waals surface area contributed by atoms with Crippen LogP contribution in [0, 0.1) is 6.92 Å². The van der Waals surface area contributed by atoms with Crippen molar-refractivity contribution in [3.8, 4) is 5.75 Å². The average molecular weight is 344 g/mol. The van der Waals surface area contributed by atoms with Crippen LogP contribution in [0.1, 0.15) is 27.0 Å². The normalized spacial score (nSPS) is 10.7. The number of amides is 1. The molecule has 0 aliphatic rings. The molecule has 26 heavy (non-hydrogen) atoms. The van der Waals surface area contributed by atoms with Crippen molar-refractivity contribution in [1.29, 1.82) is 0 Å². The lowest BCUT2D eigenvalue weighted by Gasteiger charge is -2.08. The minimum atomic E-state index is -0.236. The molecule has 130 valence electrons. The second kappa shape index (κ2) is 8.62. The Balaban J connectivity index is 1.53. The lowest BCUT2D eigenvalue weighted by atomic mass is 10.1. The van der Waals surface area contributed by atoms with Crippen LogP contribution in [0.25, 0.3) is 0 Å². The lowest BCUT2D eigenvalue weighted by Crippen LogP contribution is -2.17. The second-order valence-corrected chi connectivity index (χ2v) is 5.85. The summed E-state index contributed by atoms with van der Waals surface area (Å²) in [6, 6.07) is 24.7. The quantitative estimate of drug-likeness (QED) is 0.534. The van der Waals surface area contributed by atoms with Crippen molar-refractivity contribution in [3.05, 3.63) is 101 Å². The first-order valence-electron chi connectivity index (χ1n) is 8.38. The molecule has 4 heteroatoms. The largest absolute Gasteiger partial charge is 0.489 e. The van der Waals surface area contributed by atoms with E-state index in [-0.39, 0.29) is 5.91 Å². The van der Waals surface area contributed by atoms with Crippen molar-refractivity contribution in [2.75, 3.05) is 0 Å². The van der Waals surface area contributed by atoms with Gasteiger partial charge < -0.3 is 4.74 Å². The molecule has 1 amide bonds. The predicted molar refractivity (Wildman–Crippen MR) is 103 cm³/mol. The minimum absolute atomic E-state index is 0.236. The molecule has 0 spiro atoms. The first-order chi connectivity index (χ1) is 12.7. The molecule has 0 fully saturated rings. The predicted octanol–water partition coefficient (Wildman–Crippen LogP) is 4.34. The van der Waals surface area contributed by atoms with Crippen molar-refractivity contribution in [1.82, 2.24) is 5.43 Å². The van der Waals surface area contributed by atoms with Gasteiger partial charge in [0.05, 0.1) is 6.21 Å². The summed E-state index contributed by atoms with van der Waals surface area (Å²) in [5, 5.41) is 3.99. The van der Waals surface area contributed by atoms with Crippen molar-refractivity contribution >= 4 is 12.1 Å². The number of nitrogens with zero attached hydrogens (tertiary/aromatic N) is 1. The van der Waals surface area contributed by atoms with Gasteiger partial charge in [-0.1, -0.05) is 42.5 Å². The van der Waals surface area contributed by atoms with Crippen LogP contribution >= 0.6 is 0 Å². The minimum Gasteiger partial charge on any atom is -0.489 e. The number of hydrazone groups is 1. The van der Waals surface area contributed by atoms with Crippen molar-refractivity contribution < 1.29 is 9.53 Å².